The number of pyridine rings is 1. The number of nitrogen functional groups attached to an aromatic ring is 1. The average molecular weight is 241 g/mol. The number of nitrogens with one attached hydrogen (secondary N) is 1. The maximum Gasteiger partial charge on any atom is 0.255 e. The highest BCUT2D eigenvalue weighted by Gasteiger charge is 2.10. The number of aryl methyl sites for hydroxylation is 2. The Bertz CT molecular complexity index is 593. The Kier molecular flexibility index (Phi) is 3.28. The molecule has 0 radical (unpaired) electrons. The van der Waals surface area contributed by atoms with Crippen molar-refractivity contribution in [1.82, 2.24) is 4.98 Å². The van der Waals surface area contributed by atoms with Crippen LogP contribution in [0.15, 0.2) is 36.7 Å². The number of benzene rings is 1. The summed E-state index contributed by atoms with van der Waals surface area (Å²) in [5, 5.41) is 2.78. The van der Waals surface area contributed by atoms with Gasteiger partial charge in [0.2, 0.25) is 0 Å². The molecule has 0 bridgehead atoms. The van der Waals surface area contributed by atoms with Crippen molar-refractivity contribution in [2.24, 2.45) is 0 Å². The van der Waals surface area contributed by atoms with Gasteiger partial charge in [-0.2, -0.15) is 0 Å². The number of aromatic nitrogens is 1. The highest BCUT2D eigenvalue weighted by Crippen LogP contribution is 2.18. The van der Waals surface area contributed by atoms with Crippen LogP contribution in [0.25, 0.3) is 0 Å². The third kappa shape index (κ3) is 2.48. The zero-order chi connectivity index (χ0) is 13.1. The molecule has 0 unspecified atom stereocenters. The second-order valence-corrected chi connectivity index (χ2v) is 4.24. The molecule has 1 aromatic heterocycles. The summed E-state index contributed by atoms with van der Waals surface area (Å²) in [5.41, 5.74) is 9.49. The van der Waals surface area contributed by atoms with Crippen LogP contribution in [-0.4, -0.2) is 10.9 Å². The molecule has 3 N–H and O–H groups in total. The number of amides is 1. The summed E-state index contributed by atoms with van der Waals surface area (Å²) in [6.45, 7) is 3.91. The quantitative estimate of drug-likeness (QED) is 0.849. The third-order valence-corrected chi connectivity index (χ3v) is 2.73. The van der Waals surface area contributed by atoms with E-state index < -0.39 is 0 Å². The molecule has 0 aliphatic carbocycles. The van der Waals surface area contributed by atoms with E-state index in [-0.39, 0.29) is 5.91 Å². The van der Waals surface area contributed by atoms with Gasteiger partial charge in [0.1, 0.15) is 0 Å². The molecule has 18 heavy (non-hydrogen) atoms. The Morgan fingerprint density at radius 3 is 2.72 bits per heavy atom. The predicted octanol–water partition coefficient (Wildman–Crippen LogP) is 2.53. The van der Waals surface area contributed by atoms with Crippen LogP contribution in [0.5, 0.6) is 0 Å². The van der Waals surface area contributed by atoms with E-state index in [1.165, 1.54) is 6.20 Å². The molecule has 0 spiro atoms. The number of carbonyl (C=O) groups is 1. The predicted molar refractivity (Wildman–Crippen MR) is 72.5 cm³/mol. The van der Waals surface area contributed by atoms with Gasteiger partial charge in [-0.05, 0) is 31.5 Å². The van der Waals surface area contributed by atoms with Crippen molar-refractivity contribution in [3.8, 4) is 0 Å². The van der Waals surface area contributed by atoms with Gasteiger partial charge in [0.25, 0.3) is 5.91 Å². The fourth-order valence-electron chi connectivity index (χ4n) is 1.78. The minimum Gasteiger partial charge on any atom is -0.396 e. The van der Waals surface area contributed by atoms with Gasteiger partial charge in [-0.25, -0.2) is 0 Å². The summed E-state index contributed by atoms with van der Waals surface area (Å²) < 4.78 is 0. The minimum absolute atomic E-state index is 0.162. The number of hydrogen-bond acceptors (Lipinski definition) is 3. The summed E-state index contributed by atoms with van der Waals surface area (Å²) in [4.78, 5) is 16.0. The van der Waals surface area contributed by atoms with E-state index in [1.807, 2.05) is 32.0 Å². The smallest absolute Gasteiger partial charge is 0.255 e. The van der Waals surface area contributed by atoms with Crippen molar-refractivity contribution in [3.05, 3.63) is 53.3 Å². The van der Waals surface area contributed by atoms with Crippen LogP contribution >= 0.6 is 0 Å². The first-order chi connectivity index (χ1) is 8.58. The van der Waals surface area contributed by atoms with E-state index in [1.54, 1.807) is 12.3 Å². The van der Waals surface area contributed by atoms with E-state index in [0.717, 1.165) is 11.1 Å². The van der Waals surface area contributed by atoms with Crippen molar-refractivity contribution in [2.75, 3.05) is 11.1 Å². The van der Waals surface area contributed by atoms with Gasteiger partial charge in [0.05, 0.1) is 17.6 Å². The Hall–Kier alpha value is -2.36. The number of carbonyl (C=O) groups excluding carboxylic acids is 1. The molecule has 2 rings (SSSR count). The van der Waals surface area contributed by atoms with Gasteiger partial charge in [0.15, 0.2) is 0 Å². The number of rotatable bonds is 2. The van der Waals surface area contributed by atoms with Crippen LogP contribution < -0.4 is 11.1 Å². The van der Waals surface area contributed by atoms with Crippen molar-refractivity contribution in [3.63, 3.8) is 0 Å². The Morgan fingerprint density at radius 1 is 1.28 bits per heavy atom. The second-order valence-electron chi connectivity index (χ2n) is 4.24. The largest absolute Gasteiger partial charge is 0.396 e. The number of hydrogen-bond donors (Lipinski definition) is 2. The molecule has 0 aliphatic rings. The van der Waals surface area contributed by atoms with Gasteiger partial charge >= 0.3 is 0 Å². The van der Waals surface area contributed by atoms with E-state index in [9.17, 15) is 4.79 Å². The maximum atomic E-state index is 12.1. The Labute approximate surface area is 106 Å². The topological polar surface area (TPSA) is 68.0 Å². The SMILES string of the molecule is Cc1ccc(C(=O)Nc2ccncc2N)c(C)c1. The molecule has 1 aromatic carbocycles. The monoisotopic (exact) mass is 241 g/mol. The summed E-state index contributed by atoms with van der Waals surface area (Å²) in [6.07, 6.45) is 3.10. The third-order valence-electron chi connectivity index (χ3n) is 2.73. The Morgan fingerprint density at radius 2 is 2.06 bits per heavy atom. The number of anilines is 2. The van der Waals surface area contributed by atoms with Gasteiger partial charge < -0.3 is 11.1 Å². The van der Waals surface area contributed by atoms with Crippen molar-refractivity contribution >= 4 is 17.3 Å². The van der Waals surface area contributed by atoms with E-state index >= 15 is 0 Å². The molecule has 0 fully saturated rings. The fraction of sp³-hybridized carbons (Fsp3) is 0.143. The summed E-state index contributed by atoms with van der Waals surface area (Å²) in [7, 11) is 0. The molecule has 1 heterocycles. The second kappa shape index (κ2) is 4.87. The minimum atomic E-state index is -0.162. The first kappa shape index (κ1) is 12.1. The van der Waals surface area contributed by atoms with Crippen molar-refractivity contribution in [1.29, 1.82) is 0 Å². The molecule has 0 aliphatic heterocycles. The Balaban J connectivity index is 2.25. The first-order valence-corrected chi connectivity index (χ1v) is 5.66. The molecular weight excluding hydrogens is 226 g/mol. The van der Waals surface area contributed by atoms with Crippen LogP contribution in [0.1, 0.15) is 21.5 Å². The highest BCUT2D eigenvalue weighted by molar-refractivity contribution is 6.06. The molecule has 92 valence electrons. The maximum absolute atomic E-state index is 12.1. The summed E-state index contributed by atoms with van der Waals surface area (Å²) in [5.74, 6) is -0.162. The number of nitrogens with zero attached hydrogens (tertiary/aromatic N) is 1. The molecule has 1 amide bonds. The fourth-order valence-corrected chi connectivity index (χ4v) is 1.78. The van der Waals surface area contributed by atoms with Gasteiger partial charge in [-0.1, -0.05) is 17.7 Å². The first-order valence-electron chi connectivity index (χ1n) is 5.66. The van der Waals surface area contributed by atoms with Crippen LogP contribution in [-0.2, 0) is 0 Å². The van der Waals surface area contributed by atoms with Gasteiger partial charge in [-0.3, -0.25) is 9.78 Å². The van der Waals surface area contributed by atoms with Gasteiger partial charge in [-0.15, -0.1) is 0 Å². The van der Waals surface area contributed by atoms with Crippen molar-refractivity contribution < 1.29 is 4.79 Å². The lowest BCUT2D eigenvalue weighted by molar-refractivity contribution is 0.102. The zero-order valence-electron chi connectivity index (χ0n) is 10.4. The van der Waals surface area contributed by atoms with Gasteiger partial charge in [0, 0.05) is 11.8 Å². The van der Waals surface area contributed by atoms with Crippen LogP contribution in [0, 0.1) is 13.8 Å². The molecule has 0 saturated heterocycles. The van der Waals surface area contributed by atoms with E-state index in [2.05, 4.69) is 10.3 Å². The molecule has 4 heteroatoms. The molecule has 4 nitrogen and oxygen atoms in total. The molecular formula is C14H15N3O. The molecule has 0 saturated carbocycles. The molecule has 0 atom stereocenters. The van der Waals surface area contributed by atoms with Crippen LogP contribution in [0.4, 0.5) is 11.4 Å². The zero-order valence-corrected chi connectivity index (χ0v) is 10.4. The van der Waals surface area contributed by atoms with Crippen molar-refractivity contribution in [2.45, 2.75) is 13.8 Å². The highest BCUT2D eigenvalue weighted by atomic mass is 16.1. The lowest BCUT2D eigenvalue weighted by Crippen LogP contribution is -2.14. The summed E-state index contributed by atoms with van der Waals surface area (Å²) >= 11 is 0. The van der Waals surface area contributed by atoms with E-state index in [0.29, 0.717) is 16.9 Å². The van der Waals surface area contributed by atoms with Crippen LogP contribution in [0.2, 0.25) is 0 Å². The van der Waals surface area contributed by atoms with E-state index in [4.69, 9.17) is 5.73 Å². The normalized spacial score (nSPS) is 10.1. The average Bonchev–Trinajstić information content (AvgIpc) is 2.32. The standard InChI is InChI=1S/C14H15N3O/c1-9-3-4-11(10(2)7-9)14(18)17-13-5-6-16-8-12(13)15/h3-8H,15H2,1-2H3,(H,16,17,18). The lowest BCUT2D eigenvalue weighted by Gasteiger charge is -2.09. The lowest BCUT2D eigenvalue weighted by atomic mass is 10.1. The number of nitrogens with two attached hydrogens (primary N) is 1. The van der Waals surface area contributed by atoms with Crippen LogP contribution in [0.3, 0.4) is 0 Å². The summed E-state index contributed by atoms with van der Waals surface area (Å²) in [6, 6.07) is 7.39. The molecule has 2 aromatic rings.